The largest absolute Gasteiger partial charge is 0.459 e. The van der Waals surface area contributed by atoms with Gasteiger partial charge in [-0.3, -0.25) is 14.4 Å². The second-order valence-corrected chi connectivity index (χ2v) is 5.76. The summed E-state index contributed by atoms with van der Waals surface area (Å²) in [6.45, 7) is 9.24. The van der Waals surface area contributed by atoms with Crippen LogP contribution in [0.2, 0.25) is 0 Å². The zero-order valence-electron chi connectivity index (χ0n) is 13.2. The highest BCUT2D eigenvalue weighted by molar-refractivity contribution is 5.91. The van der Waals surface area contributed by atoms with Crippen LogP contribution in [0.5, 0.6) is 0 Å². The standard InChI is InChI=1S/C16H22N4O2/c1-13-12-14(2)20(17-13)10-7-18-5-8-19(9-6-18)16(21)15-4-3-11-22-15/h3-4,11-12H,5-10H2,1-2H3. The predicted molar refractivity (Wildman–Crippen MR) is 82.8 cm³/mol. The third-order valence-corrected chi connectivity index (χ3v) is 4.12. The maximum atomic E-state index is 12.2. The summed E-state index contributed by atoms with van der Waals surface area (Å²) >= 11 is 0. The smallest absolute Gasteiger partial charge is 0.289 e. The van der Waals surface area contributed by atoms with Crippen LogP contribution in [-0.4, -0.2) is 58.2 Å². The molecule has 0 aliphatic carbocycles. The number of carbonyl (C=O) groups excluding carboxylic acids is 1. The van der Waals surface area contributed by atoms with E-state index >= 15 is 0 Å². The van der Waals surface area contributed by atoms with Gasteiger partial charge in [0.25, 0.3) is 5.91 Å². The van der Waals surface area contributed by atoms with E-state index in [9.17, 15) is 4.79 Å². The third-order valence-electron chi connectivity index (χ3n) is 4.12. The van der Waals surface area contributed by atoms with Gasteiger partial charge in [0.1, 0.15) is 0 Å². The van der Waals surface area contributed by atoms with E-state index in [1.54, 1.807) is 12.1 Å². The molecule has 3 heterocycles. The molecule has 0 radical (unpaired) electrons. The van der Waals surface area contributed by atoms with Crippen LogP contribution in [0.15, 0.2) is 28.9 Å². The van der Waals surface area contributed by atoms with Gasteiger partial charge in [0.2, 0.25) is 0 Å². The van der Waals surface area contributed by atoms with E-state index in [2.05, 4.69) is 27.7 Å². The van der Waals surface area contributed by atoms with Gasteiger partial charge in [0.05, 0.1) is 18.5 Å². The Kier molecular flexibility index (Phi) is 4.29. The van der Waals surface area contributed by atoms with Gasteiger partial charge >= 0.3 is 0 Å². The van der Waals surface area contributed by atoms with Gasteiger partial charge in [0.15, 0.2) is 5.76 Å². The minimum absolute atomic E-state index is 0.0109. The van der Waals surface area contributed by atoms with Crippen LogP contribution >= 0.6 is 0 Å². The molecular weight excluding hydrogens is 280 g/mol. The molecule has 6 nitrogen and oxygen atoms in total. The molecule has 6 heteroatoms. The van der Waals surface area contributed by atoms with Crippen molar-refractivity contribution in [2.45, 2.75) is 20.4 Å². The molecule has 1 aliphatic heterocycles. The second kappa shape index (κ2) is 6.36. The zero-order valence-corrected chi connectivity index (χ0v) is 13.2. The molecule has 118 valence electrons. The van der Waals surface area contributed by atoms with Gasteiger partial charge in [-0.1, -0.05) is 0 Å². The van der Waals surface area contributed by atoms with Crippen LogP contribution in [0.25, 0.3) is 0 Å². The van der Waals surface area contributed by atoms with E-state index in [1.165, 1.54) is 12.0 Å². The highest BCUT2D eigenvalue weighted by Gasteiger charge is 2.23. The summed E-state index contributed by atoms with van der Waals surface area (Å²) in [6.07, 6.45) is 1.54. The average molecular weight is 302 g/mol. The molecule has 0 atom stereocenters. The van der Waals surface area contributed by atoms with Gasteiger partial charge in [-0.15, -0.1) is 0 Å². The van der Waals surface area contributed by atoms with Gasteiger partial charge in [-0.25, -0.2) is 0 Å². The predicted octanol–water partition coefficient (Wildman–Crippen LogP) is 1.55. The Hall–Kier alpha value is -2.08. The highest BCUT2D eigenvalue weighted by atomic mass is 16.3. The molecule has 0 saturated carbocycles. The molecule has 1 amide bonds. The van der Waals surface area contributed by atoms with Gasteiger partial charge in [0, 0.05) is 38.4 Å². The fourth-order valence-corrected chi connectivity index (χ4v) is 2.87. The average Bonchev–Trinajstić information content (AvgIpc) is 3.15. The van der Waals surface area contributed by atoms with Crippen molar-refractivity contribution >= 4 is 5.91 Å². The summed E-state index contributed by atoms with van der Waals surface area (Å²) in [5, 5.41) is 4.48. The molecular formula is C16H22N4O2. The zero-order chi connectivity index (χ0) is 15.5. The van der Waals surface area contributed by atoms with Gasteiger partial charge < -0.3 is 9.32 Å². The molecule has 0 bridgehead atoms. The van der Waals surface area contributed by atoms with Crippen molar-refractivity contribution < 1.29 is 9.21 Å². The van der Waals surface area contributed by atoms with E-state index in [-0.39, 0.29) is 5.91 Å². The maximum absolute atomic E-state index is 12.2. The lowest BCUT2D eigenvalue weighted by atomic mass is 10.3. The van der Waals surface area contributed by atoms with Crippen LogP contribution < -0.4 is 0 Å². The first-order valence-corrected chi connectivity index (χ1v) is 7.69. The monoisotopic (exact) mass is 302 g/mol. The summed E-state index contributed by atoms with van der Waals surface area (Å²) < 4.78 is 7.23. The van der Waals surface area contributed by atoms with Crippen molar-refractivity contribution in [3.63, 3.8) is 0 Å². The first-order chi connectivity index (χ1) is 10.6. The lowest BCUT2D eigenvalue weighted by molar-refractivity contribution is 0.0601. The van der Waals surface area contributed by atoms with Crippen LogP contribution in [0, 0.1) is 13.8 Å². The van der Waals surface area contributed by atoms with Gasteiger partial charge in [-0.05, 0) is 32.0 Å². The molecule has 1 aliphatic rings. The maximum Gasteiger partial charge on any atom is 0.289 e. The number of amides is 1. The number of nitrogens with zero attached hydrogens (tertiary/aromatic N) is 4. The Morgan fingerprint density at radius 3 is 2.59 bits per heavy atom. The Labute approximate surface area is 130 Å². The minimum Gasteiger partial charge on any atom is -0.459 e. The fraction of sp³-hybridized carbons (Fsp3) is 0.500. The number of hydrogen-bond donors (Lipinski definition) is 0. The van der Waals surface area contributed by atoms with Crippen LogP contribution in [0.3, 0.4) is 0 Å². The molecule has 2 aromatic rings. The third kappa shape index (κ3) is 3.22. The summed E-state index contributed by atoms with van der Waals surface area (Å²) in [7, 11) is 0. The first kappa shape index (κ1) is 14.8. The van der Waals surface area contributed by atoms with E-state index in [1.807, 2.05) is 11.8 Å². The number of aromatic nitrogens is 2. The quantitative estimate of drug-likeness (QED) is 0.860. The molecule has 0 spiro atoms. The van der Waals surface area contributed by atoms with Crippen LogP contribution in [0.4, 0.5) is 0 Å². The molecule has 22 heavy (non-hydrogen) atoms. The number of rotatable bonds is 4. The molecule has 2 aromatic heterocycles. The Bertz CT molecular complexity index is 625. The molecule has 0 unspecified atom stereocenters. The SMILES string of the molecule is Cc1cc(C)n(CCN2CCN(C(=O)c3ccco3)CC2)n1. The van der Waals surface area contributed by atoms with Crippen molar-refractivity contribution in [2.24, 2.45) is 0 Å². The number of aryl methyl sites for hydroxylation is 2. The van der Waals surface area contributed by atoms with E-state index < -0.39 is 0 Å². The Morgan fingerprint density at radius 2 is 2.00 bits per heavy atom. The lowest BCUT2D eigenvalue weighted by Crippen LogP contribution is -2.49. The molecule has 1 saturated heterocycles. The van der Waals surface area contributed by atoms with Crippen molar-refractivity contribution in [1.29, 1.82) is 0 Å². The van der Waals surface area contributed by atoms with E-state index in [0.29, 0.717) is 5.76 Å². The first-order valence-electron chi connectivity index (χ1n) is 7.69. The number of furan rings is 1. The summed E-state index contributed by atoms with van der Waals surface area (Å²) in [5.74, 6) is 0.416. The summed E-state index contributed by atoms with van der Waals surface area (Å²) in [4.78, 5) is 16.4. The molecule has 0 aromatic carbocycles. The van der Waals surface area contributed by atoms with Crippen LogP contribution in [-0.2, 0) is 6.54 Å². The van der Waals surface area contributed by atoms with Crippen molar-refractivity contribution in [3.8, 4) is 0 Å². The Morgan fingerprint density at radius 1 is 1.23 bits per heavy atom. The molecule has 1 fully saturated rings. The van der Waals surface area contributed by atoms with Crippen molar-refractivity contribution in [1.82, 2.24) is 19.6 Å². The number of carbonyl (C=O) groups is 1. The normalized spacial score (nSPS) is 16.2. The lowest BCUT2D eigenvalue weighted by Gasteiger charge is -2.34. The van der Waals surface area contributed by atoms with E-state index in [0.717, 1.165) is 45.0 Å². The van der Waals surface area contributed by atoms with E-state index in [4.69, 9.17) is 4.42 Å². The van der Waals surface area contributed by atoms with Crippen molar-refractivity contribution in [3.05, 3.63) is 41.6 Å². The van der Waals surface area contributed by atoms with Crippen LogP contribution in [0.1, 0.15) is 21.9 Å². The molecule has 3 rings (SSSR count). The fourth-order valence-electron chi connectivity index (χ4n) is 2.87. The Balaban J connectivity index is 1.48. The van der Waals surface area contributed by atoms with Gasteiger partial charge in [-0.2, -0.15) is 5.10 Å². The summed E-state index contributed by atoms with van der Waals surface area (Å²) in [6, 6.07) is 5.56. The number of piperazine rings is 1. The molecule has 0 N–H and O–H groups in total. The topological polar surface area (TPSA) is 54.5 Å². The second-order valence-electron chi connectivity index (χ2n) is 5.76. The highest BCUT2D eigenvalue weighted by Crippen LogP contribution is 2.10. The number of hydrogen-bond acceptors (Lipinski definition) is 4. The minimum atomic E-state index is -0.0109. The van der Waals surface area contributed by atoms with Crippen molar-refractivity contribution in [2.75, 3.05) is 32.7 Å². The summed E-state index contributed by atoms with van der Waals surface area (Å²) in [5.41, 5.74) is 2.26.